The molecule has 0 atom stereocenters. The fourth-order valence-electron chi connectivity index (χ4n) is 3.04. The molecule has 1 aromatic heterocycles. The van der Waals surface area contributed by atoms with E-state index >= 15 is 0 Å². The molecule has 26 heavy (non-hydrogen) atoms. The topological polar surface area (TPSA) is 17.0 Å². The van der Waals surface area contributed by atoms with Gasteiger partial charge >= 0.3 is 0 Å². The Labute approximate surface area is 171 Å². The summed E-state index contributed by atoms with van der Waals surface area (Å²) < 4.78 is 2.27. The standard InChI is InChI=1S/C21H24Cl2N2.ClH/c1-15(2)9-10-24-12-17-14-25(21-6-4-3-5-19(17)21)13-16-7-8-18(22)11-20(16)23;/h3-8,11,14-15,24H,9-10,12-13H2,1-2H3;1H. The van der Waals surface area contributed by atoms with Gasteiger partial charge in [-0.25, -0.2) is 0 Å². The normalized spacial score (nSPS) is 11.1. The Morgan fingerprint density at radius 3 is 2.54 bits per heavy atom. The number of rotatable bonds is 7. The second kappa shape index (κ2) is 9.66. The summed E-state index contributed by atoms with van der Waals surface area (Å²) in [4.78, 5) is 0. The Morgan fingerprint density at radius 2 is 1.81 bits per heavy atom. The summed E-state index contributed by atoms with van der Waals surface area (Å²) in [5, 5.41) is 6.24. The summed E-state index contributed by atoms with van der Waals surface area (Å²) in [5.74, 6) is 0.723. The quantitative estimate of drug-likeness (QED) is 0.436. The van der Waals surface area contributed by atoms with Gasteiger partial charge in [0, 0.05) is 40.2 Å². The van der Waals surface area contributed by atoms with Crippen LogP contribution in [0.2, 0.25) is 10.0 Å². The number of benzene rings is 2. The average Bonchev–Trinajstić information content (AvgIpc) is 2.92. The minimum absolute atomic E-state index is 0. The molecule has 2 aromatic carbocycles. The fraction of sp³-hybridized carbons (Fsp3) is 0.333. The second-order valence-electron chi connectivity index (χ2n) is 6.89. The van der Waals surface area contributed by atoms with Crippen LogP contribution in [0, 0.1) is 5.92 Å². The molecule has 0 unspecified atom stereocenters. The van der Waals surface area contributed by atoms with E-state index in [1.54, 1.807) is 6.07 Å². The predicted molar refractivity (Wildman–Crippen MR) is 116 cm³/mol. The Balaban J connectivity index is 0.00000243. The van der Waals surface area contributed by atoms with E-state index in [0.717, 1.165) is 31.1 Å². The van der Waals surface area contributed by atoms with Gasteiger partial charge in [0.25, 0.3) is 0 Å². The van der Waals surface area contributed by atoms with E-state index in [-0.39, 0.29) is 12.4 Å². The minimum Gasteiger partial charge on any atom is -0.343 e. The molecule has 0 radical (unpaired) electrons. The molecule has 0 bridgehead atoms. The smallest absolute Gasteiger partial charge is 0.0491 e. The van der Waals surface area contributed by atoms with Crippen LogP contribution < -0.4 is 5.32 Å². The van der Waals surface area contributed by atoms with Crippen molar-refractivity contribution in [2.24, 2.45) is 5.92 Å². The fourth-order valence-corrected chi connectivity index (χ4v) is 3.51. The van der Waals surface area contributed by atoms with Crippen LogP contribution in [0.3, 0.4) is 0 Å². The molecule has 0 saturated heterocycles. The van der Waals surface area contributed by atoms with E-state index in [4.69, 9.17) is 23.2 Å². The molecule has 140 valence electrons. The zero-order chi connectivity index (χ0) is 17.8. The maximum Gasteiger partial charge on any atom is 0.0491 e. The van der Waals surface area contributed by atoms with Crippen molar-refractivity contribution in [2.45, 2.75) is 33.4 Å². The summed E-state index contributed by atoms with van der Waals surface area (Å²) >= 11 is 12.4. The molecular formula is C21H25Cl3N2. The van der Waals surface area contributed by atoms with E-state index < -0.39 is 0 Å². The van der Waals surface area contributed by atoms with E-state index in [1.165, 1.54) is 22.9 Å². The lowest BCUT2D eigenvalue weighted by Crippen LogP contribution is -2.16. The number of hydrogen-bond donors (Lipinski definition) is 1. The van der Waals surface area contributed by atoms with Crippen molar-refractivity contribution in [2.75, 3.05) is 6.54 Å². The molecule has 0 spiro atoms. The molecule has 1 heterocycles. The Hall–Kier alpha value is -1.19. The van der Waals surface area contributed by atoms with Crippen LogP contribution in [-0.4, -0.2) is 11.1 Å². The van der Waals surface area contributed by atoms with Gasteiger partial charge in [-0.15, -0.1) is 12.4 Å². The van der Waals surface area contributed by atoms with Crippen molar-refractivity contribution >= 4 is 46.5 Å². The van der Waals surface area contributed by atoms with Crippen LogP contribution in [0.25, 0.3) is 10.9 Å². The predicted octanol–water partition coefficient (Wildman–Crippen LogP) is 6.55. The lowest BCUT2D eigenvalue weighted by molar-refractivity contribution is 0.538. The third-order valence-electron chi connectivity index (χ3n) is 4.44. The van der Waals surface area contributed by atoms with Crippen molar-refractivity contribution in [3.05, 3.63) is 69.8 Å². The zero-order valence-corrected chi connectivity index (χ0v) is 17.5. The maximum atomic E-state index is 6.36. The highest BCUT2D eigenvalue weighted by molar-refractivity contribution is 6.35. The highest BCUT2D eigenvalue weighted by atomic mass is 35.5. The van der Waals surface area contributed by atoms with Crippen molar-refractivity contribution in [1.29, 1.82) is 0 Å². The van der Waals surface area contributed by atoms with Crippen LogP contribution in [0.5, 0.6) is 0 Å². The van der Waals surface area contributed by atoms with Gasteiger partial charge in [-0.3, -0.25) is 0 Å². The van der Waals surface area contributed by atoms with E-state index in [0.29, 0.717) is 10.0 Å². The van der Waals surface area contributed by atoms with Gasteiger partial charge in [0.15, 0.2) is 0 Å². The zero-order valence-electron chi connectivity index (χ0n) is 15.1. The van der Waals surface area contributed by atoms with Crippen molar-refractivity contribution in [3.8, 4) is 0 Å². The van der Waals surface area contributed by atoms with Gasteiger partial charge in [0.1, 0.15) is 0 Å². The van der Waals surface area contributed by atoms with Gasteiger partial charge in [-0.1, -0.05) is 61.3 Å². The summed E-state index contributed by atoms with van der Waals surface area (Å²) in [6.45, 7) is 7.17. The van der Waals surface area contributed by atoms with Crippen LogP contribution in [-0.2, 0) is 13.1 Å². The van der Waals surface area contributed by atoms with E-state index in [2.05, 4.69) is 54.2 Å². The first-order valence-electron chi connectivity index (χ1n) is 8.76. The van der Waals surface area contributed by atoms with Crippen molar-refractivity contribution in [3.63, 3.8) is 0 Å². The summed E-state index contributed by atoms with van der Waals surface area (Å²) in [6, 6.07) is 14.2. The SMILES string of the molecule is CC(C)CCNCc1cn(Cc2ccc(Cl)cc2Cl)c2ccccc12.Cl. The lowest BCUT2D eigenvalue weighted by Gasteiger charge is -2.08. The van der Waals surface area contributed by atoms with Gasteiger partial charge in [-0.05, 0) is 48.2 Å². The third-order valence-corrected chi connectivity index (χ3v) is 5.03. The lowest BCUT2D eigenvalue weighted by atomic mass is 10.1. The number of nitrogens with zero attached hydrogens (tertiary/aromatic N) is 1. The van der Waals surface area contributed by atoms with E-state index in [9.17, 15) is 0 Å². The van der Waals surface area contributed by atoms with Crippen LogP contribution >= 0.6 is 35.6 Å². The van der Waals surface area contributed by atoms with Crippen molar-refractivity contribution < 1.29 is 0 Å². The third kappa shape index (κ3) is 5.17. The Morgan fingerprint density at radius 1 is 1.04 bits per heavy atom. The molecule has 0 aliphatic carbocycles. The Kier molecular flexibility index (Phi) is 7.85. The molecule has 0 aliphatic heterocycles. The minimum atomic E-state index is 0. The highest BCUT2D eigenvalue weighted by Crippen LogP contribution is 2.26. The van der Waals surface area contributed by atoms with E-state index in [1.807, 2.05) is 12.1 Å². The molecule has 1 N–H and O–H groups in total. The number of halogens is 3. The first kappa shape index (κ1) is 21.1. The summed E-state index contributed by atoms with van der Waals surface area (Å²) in [7, 11) is 0. The molecule has 5 heteroatoms. The number of fused-ring (bicyclic) bond motifs is 1. The van der Waals surface area contributed by atoms with Gasteiger partial charge < -0.3 is 9.88 Å². The van der Waals surface area contributed by atoms with Crippen LogP contribution in [0.4, 0.5) is 0 Å². The molecule has 3 aromatic rings. The van der Waals surface area contributed by atoms with Crippen LogP contribution in [0.1, 0.15) is 31.4 Å². The molecular weight excluding hydrogens is 387 g/mol. The first-order chi connectivity index (χ1) is 12.0. The van der Waals surface area contributed by atoms with Crippen molar-refractivity contribution in [1.82, 2.24) is 9.88 Å². The number of nitrogens with one attached hydrogen (secondary N) is 1. The number of hydrogen-bond acceptors (Lipinski definition) is 1. The molecule has 0 fully saturated rings. The largest absolute Gasteiger partial charge is 0.343 e. The first-order valence-corrected chi connectivity index (χ1v) is 9.51. The van der Waals surface area contributed by atoms with Gasteiger partial charge in [0.05, 0.1) is 0 Å². The highest BCUT2D eigenvalue weighted by Gasteiger charge is 2.10. The van der Waals surface area contributed by atoms with Crippen LogP contribution in [0.15, 0.2) is 48.7 Å². The summed E-state index contributed by atoms with van der Waals surface area (Å²) in [5.41, 5.74) is 3.63. The number of aromatic nitrogens is 1. The molecule has 0 saturated carbocycles. The van der Waals surface area contributed by atoms with Gasteiger partial charge in [0.2, 0.25) is 0 Å². The monoisotopic (exact) mass is 410 g/mol. The molecule has 0 aliphatic rings. The van der Waals surface area contributed by atoms with Gasteiger partial charge in [-0.2, -0.15) is 0 Å². The number of para-hydroxylation sites is 1. The molecule has 0 amide bonds. The molecule has 3 rings (SSSR count). The Bertz CT molecular complexity index is 856. The molecule has 2 nitrogen and oxygen atoms in total. The second-order valence-corrected chi connectivity index (χ2v) is 7.74. The maximum absolute atomic E-state index is 6.36. The summed E-state index contributed by atoms with van der Waals surface area (Å²) in [6.07, 6.45) is 3.43. The average molecular weight is 412 g/mol.